The summed E-state index contributed by atoms with van der Waals surface area (Å²) in [5.41, 5.74) is 1.38. The van der Waals surface area contributed by atoms with Gasteiger partial charge in [-0.25, -0.2) is 0 Å². The van der Waals surface area contributed by atoms with Crippen LogP contribution in [0.3, 0.4) is 0 Å². The highest BCUT2D eigenvalue weighted by atomic mass is 16.5. The molecule has 1 aromatic rings. The van der Waals surface area contributed by atoms with E-state index in [2.05, 4.69) is 50.1 Å². The van der Waals surface area contributed by atoms with E-state index in [4.69, 9.17) is 4.74 Å². The molecule has 0 N–H and O–H groups in total. The lowest BCUT2D eigenvalue weighted by atomic mass is 9.98. The number of likely N-dealkylation sites (tertiary alicyclic amines) is 1. The Kier molecular flexibility index (Phi) is 4.65. The third-order valence-corrected chi connectivity index (χ3v) is 3.87. The van der Waals surface area contributed by atoms with E-state index in [-0.39, 0.29) is 0 Å². The van der Waals surface area contributed by atoms with Crippen molar-refractivity contribution in [3.63, 3.8) is 0 Å². The molecule has 0 saturated carbocycles. The average molecular weight is 247 g/mol. The molecular weight excluding hydrogens is 222 g/mol. The van der Waals surface area contributed by atoms with E-state index in [1.54, 1.807) is 0 Å². The number of benzene rings is 1. The van der Waals surface area contributed by atoms with Gasteiger partial charge in [0.05, 0.1) is 6.61 Å². The number of nitrogens with zero attached hydrogens (tertiary/aromatic N) is 1. The molecule has 1 fully saturated rings. The van der Waals surface area contributed by atoms with Gasteiger partial charge >= 0.3 is 0 Å². The fourth-order valence-electron chi connectivity index (χ4n) is 2.39. The molecule has 0 unspecified atom stereocenters. The molecule has 0 amide bonds. The highest BCUT2D eigenvalue weighted by Gasteiger charge is 2.17. The largest absolute Gasteiger partial charge is 0.493 e. The molecular formula is C16H25NO. The molecule has 0 atom stereocenters. The minimum atomic E-state index is 0.591. The quantitative estimate of drug-likeness (QED) is 0.807. The Hall–Kier alpha value is -1.02. The third-order valence-electron chi connectivity index (χ3n) is 3.87. The third kappa shape index (κ3) is 3.74. The molecule has 2 heteroatoms. The maximum absolute atomic E-state index is 5.90. The fourth-order valence-corrected chi connectivity index (χ4v) is 2.39. The van der Waals surface area contributed by atoms with Crippen molar-refractivity contribution < 1.29 is 4.74 Å². The summed E-state index contributed by atoms with van der Waals surface area (Å²) >= 11 is 0. The van der Waals surface area contributed by atoms with Crippen molar-refractivity contribution >= 4 is 0 Å². The summed E-state index contributed by atoms with van der Waals surface area (Å²) in [5.74, 6) is 2.33. The summed E-state index contributed by atoms with van der Waals surface area (Å²) in [4.78, 5) is 2.40. The van der Waals surface area contributed by atoms with Crippen molar-refractivity contribution in [3.8, 4) is 5.75 Å². The van der Waals surface area contributed by atoms with Crippen molar-refractivity contribution in [2.24, 2.45) is 5.92 Å². The first-order chi connectivity index (χ1) is 8.65. The second-order valence-corrected chi connectivity index (χ2v) is 5.78. The van der Waals surface area contributed by atoms with Gasteiger partial charge in [-0.3, -0.25) is 0 Å². The van der Waals surface area contributed by atoms with E-state index in [9.17, 15) is 0 Å². The highest BCUT2D eigenvalue weighted by Crippen LogP contribution is 2.21. The van der Waals surface area contributed by atoms with Crippen molar-refractivity contribution in [1.29, 1.82) is 0 Å². The van der Waals surface area contributed by atoms with Crippen LogP contribution in [0.2, 0.25) is 0 Å². The first kappa shape index (κ1) is 13.4. The average Bonchev–Trinajstić information content (AvgIpc) is 2.38. The topological polar surface area (TPSA) is 12.5 Å². The Balaban J connectivity index is 1.79. The van der Waals surface area contributed by atoms with E-state index < -0.39 is 0 Å². The predicted octanol–water partition coefficient (Wildman–Crippen LogP) is 3.53. The number of rotatable bonds is 4. The normalized spacial score (nSPS) is 18.2. The predicted molar refractivity (Wildman–Crippen MR) is 76.2 cm³/mol. The summed E-state index contributed by atoms with van der Waals surface area (Å²) in [6, 6.07) is 8.55. The number of hydrogen-bond acceptors (Lipinski definition) is 2. The molecule has 18 heavy (non-hydrogen) atoms. The number of hydrogen-bond donors (Lipinski definition) is 0. The summed E-state index contributed by atoms with van der Waals surface area (Å²) < 4.78 is 5.90. The minimum Gasteiger partial charge on any atom is -0.493 e. The van der Waals surface area contributed by atoms with Gasteiger partial charge in [-0.05, 0) is 62.5 Å². The van der Waals surface area contributed by atoms with Gasteiger partial charge < -0.3 is 9.64 Å². The molecule has 100 valence electrons. The van der Waals surface area contributed by atoms with Crippen molar-refractivity contribution in [1.82, 2.24) is 4.90 Å². The minimum absolute atomic E-state index is 0.591. The molecule has 1 heterocycles. The zero-order chi connectivity index (χ0) is 13.0. The Morgan fingerprint density at radius 1 is 1.17 bits per heavy atom. The highest BCUT2D eigenvalue weighted by molar-refractivity contribution is 5.28. The first-order valence-electron chi connectivity index (χ1n) is 7.06. The van der Waals surface area contributed by atoms with E-state index in [1.165, 1.54) is 31.5 Å². The lowest BCUT2D eigenvalue weighted by molar-refractivity contribution is 0.160. The zero-order valence-corrected chi connectivity index (χ0v) is 11.9. The maximum Gasteiger partial charge on any atom is 0.119 e. The first-order valence-corrected chi connectivity index (χ1v) is 7.06. The number of piperidine rings is 1. The summed E-state index contributed by atoms with van der Waals surface area (Å²) in [7, 11) is 2.20. The van der Waals surface area contributed by atoms with Crippen molar-refractivity contribution in [2.45, 2.75) is 32.6 Å². The molecule has 1 aliphatic heterocycles. The summed E-state index contributed by atoms with van der Waals surface area (Å²) in [5, 5.41) is 0. The molecule has 1 aromatic carbocycles. The van der Waals surface area contributed by atoms with E-state index in [0.717, 1.165) is 18.3 Å². The Morgan fingerprint density at radius 2 is 1.78 bits per heavy atom. The Morgan fingerprint density at radius 3 is 2.33 bits per heavy atom. The van der Waals surface area contributed by atoms with Crippen molar-refractivity contribution in [2.75, 3.05) is 26.7 Å². The Bertz CT molecular complexity index is 350. The molecule has 1 aliphatic rings. The van der Waals surface area contributed by atoms with Gasteiger partial charge in [-0.15, -0.1) is 0 Å². The van der Waals surface area contributed by atoms with Crippen LogP contribution in [0.1, 0.15) is 38.2 Å². The van der Waals surface area contributed by atoms with Gasteiger partial charge in [0.1, 0.15) is 5.75 Å². The van der Waals surface area contributed by atoms with E-state index in [0.29, 0.717) is 5.92 Å². The zero-order valence-electron chi connectivity index (χ0n) is 11.9. The van der Waals surface area contributed by atoms with Crippen LogP contribution in [-0.4, -0.2) is 31.6 Å². The van der Waals surface area contributed by atoms with Gasteiger partial charge in [0.25, 0.3) is 0 Å². The molecule has 2 nitrogen and oxygen atoms in total. The van der Waals surface area contributed by atoms with Crippen LogP contribution in [0.4, 0.5) is 0 Å². The van der Waals surface area contributed by atoms with Crippen LogP contribution in [-0.2, 0) is 0 Å². The molecule has 1 saturated heterocycles. The van der Waals surface area contributed by atoms with Crippen LogP contribution < -0.4 is 4.74 Å². The second kappa shape index (κ2) is 6.24. The molecule has 0 radical (unpaired) electrons. The molecule has 0 spiro atoms. The molecule has 2 rings (SSSR count). The van der Waals surface area contributed by atoms with Crippen LogP contribution >= 0.6 is 0 Å². The smallest absolute Gasteiger partial charge is 0.119 e. The monoisotopic (exact) mass is 247 g/mol. The van der Waals surface area contributed by atoms with Crippen LogP contribution in [0.5, 0.6) is 5.75 Å². The standard InChI is InChI=1S/C16H25NO/c1-13(2)15-4-6-16(7-5-15)18-12-14-8-10-17(3)11-9-14/h4-7,13-14H,8-12H2,1-3H3. The lowest BCUT2D eigenvalue weighted by Gasteiger charge is -2.28. The van der Waals surface area contributed by atoms with E-state index >= 15 is 0 Å². The number of ether oxygens (including phenoxy) is 1. The Labute approximate surface area is 111 Å². The molecule has 0 aliphatic carbocycles. The fraction of sp³-hybridized carbons (Fsp3) is 0.625. The lowest BCUT2D eigenvalue weighted by Crippen LogP contribution is -2.32. The van der Waals surface area contributed by atoms with Gasteiger partial charge in [0.2, 0.25) is 0 Å². The van der Waals surface area contributed by atoms with Gasteiger partial charge in [0.15, 0.2) is 0 Å². The van der Waals surface area contributed by atoms with Crippen LogP contribution in [0, 0.1) is 5.92 Å². The van der Waals surface area contributed by atoms with Gasteiger partial charge in [-0.2, -0.15) is 0 Å². The van der Waals surface area contributed by atoms with Crippen LogP contribution in [0.25, 0.3) is 0 Å². The molecule has 0 bridgehead atoms. The summed E-state index contributed by atoms with van der Waals surface area (Å²) in [6.45, 7) is 7.72. The second-order valence-electron chi connectivity index (χ2n) is 5.78. The maximum atomic E-state index is 5.90. The molecule has 0 aromatic heterocycles. The summed E-state index contributed by atoms with van der Waals surface area (Å²) in [6.07, 6.45) is 2.53. The van der Waals surface area contributed by atoms with Crippen molar-refractivity contribution in [3.05, 3.63) is 29.8 Å². The van der Waals surface area contributed by atoms with Gasteiger partial charge in [0, 0.05) is 0 Å². The SMILES string of the molecule is CC(C)c1ccc(OCC2CCN(C)CC2)cc1. The van der Waals surface area contributed by atoms with Gasteiger partial charge in [-0.1, -0.05) is 26.0 Å². The van der Waals surface area contributed by atoms with Crippen LogP contribution in [0.15, 0.2) is 24.3 Å². The van der Waals surface area contributed by atoms with E-state index in [1.807, 2.05) is 0 Å².